The van der Waals surface area contributed by atoms with Crippen LogP contribution in [-0.2, 0) is 9.47 Å². The first-order chi connectivity index (χ1) is 6.84. The maximum absolute atomic E-state index is 5.66. The zero-order valence-corrected chi connectivity index (χ0v) is 9.66. The van der Waals surface area contributed by atoms with Crippen LogP contribution in [-0.4, -0.2) is 35.6 Å². The van der Waals surface area contributed by atoms with Crippen molar-refractivity contribution in [3.63, 3.8) is 0 Å². The number of rotatable bonds is 3. The maximum Gasteiger partial charge on any atom is 0.157 e. The molecule has 0 aromatic carbocycles. The summed E-state index contributed by atoms with van der Waals surface area (Å²) in [5, 5.41) is 3.21. The maximum atomic E-state index is 5.66. The highest BCUT2D eigenvalue weighted by Crippen LogP contribution is 2.17. The van der Waals surface area contributed by atoms with Crippen LogP contribution in [0.5, 0.6) is 0 Å². The molecule has 0 saturated carbocycles. The lowest BCUT2D eigenvalue weighted by Gasteiger charge is -2.24. The summed E-state index contributed by atoms with van der Waals surface area (Å²) in [6, 6.07) is 0.373. The molecule has 2 saturated heterocycles. The van der Waals surface area contributed by atoms with E-state index in [0.29, 0.717) is 12.6 Å². The molecule has 2 fully saturated rings. The lowest BCUT2D eigenvalue weighted by atomic mass is 10.2. The summed E-state index contributed by atoms with van der Waals surface area (Å²) in [6.45, 7) is 1.55. The molecular weight excluding hydrogens is 218 g/mol. The molecule has 0 aromatic rings. The average Bonchev–Trinajstić information content (AvgIpc) is 2.63. The van der Waals surface area contributed by atoms with Gasteiger partial charge in [0.25, 0.3) is 0 Å². The molecule has 0 spiro atoms. The quantitative estimate of drug-likeness (QED) is 0.747. The normalized spacial score (nSPS) is 33.0. The summed E-state index contributed by atoms with van der Waals surface area (Å²) < 4.78 is 12.0. The molecule has 2 atom stereocenters. The lowest BCUT2D eigenvalue weighted by molar-refractivity contribution is -0.164. The highest BCUT2D eigenvalue weighted by molar-refractivity contribution is 8.23. The van der Waals surface area contributed by atoms with Gasteiger partial charge in [0.15, 0.2) is 6.29 Å². The van der Waals surface area contributed by atoms with E-state index in [-0.39, 0.29) is 6.29 Å². The van der Waals surface area contributed by atoms with Crippen LogP contribution in [0.25, 0.3) is 0 Å². The van der Waals surface area contributed by atoms with Crippen LogP contribution in [0.4, 0.5) is 0 Å². The molecule has 2 aliphatic heterocycles. The summed E-state index contributed by atoms with van der Waals surface area (Å²) >= 11 is 6.72. The molecule has 2 unspecified atom stereocenters. The topological polar surface area (TPSA) is 30.5 Å². The summed E-state index contributed by atoms with van der Waals surface area (Å²) in [7, 11) is 0. The second-order valence-electron chi connectivity index (χ2n) is 3.57. The standard InChI is InChI=1S/C9H15NO2S2/c13-9-10-7(6-14-9)5-12-8-3-1-2-4-11-8/h7-8H,1-6H2,(H,10,13). The SMILES string of the molecule is S=C1NC(COC2CCCCO2)CS1. The first-order valence-electron chi connectivity index (χ1n) is 5.01. The number of thioether (sulfide) groups is 1. The fourth-order valence-corrected chi connectivity index (χ4v) is 2.74. The molecule has 2 heterocycles. The second kappa shape index (κ2) is 5.30. The molecular formula is C9H15NO2S2. The molecule has 5 heteroatoms. The van der Waals surface area contributed by atoms with Gasteiger partial charge in [0.05, 0.1) is 12.6 Å². The Bertz CT molecular complexity index is 207. The third-order valence-corrected chi connectivity index (χ3v) is 3.78. The van der Waals surface area contributed by atoms with Crippen LogP contribution in [0.15, 0.2) is 0 Å². The Hall–Kier alpha value is 0.160. The summed E-state index contributed by atoms with van der Waals surface area (Å²) in [5.74, 6) is 1.02. The van der Waals surface area contributed by atoms with Crippen LogP contribution in [0.2, 0.25) is 0 Å². The van der Waals surface area contributed by atoms with E-state index in [1.54, 1.807) is 11.8 Å². The molecule has 0 aromatic heterocycles. The minimum Gasteiger partial charge on any atom is -0.365 e. The van der Waals surface area contributed by atoms with Gasteiger partial charge in [0.2, 0.25) is 0 Å². The monoisotopic (exact) mass is 233 g/mol. The predicted molar refractivity (Wildman–Crippen MR) is 61.5 cm³/mol. The van der Waals surface area contributed by atoms with Crippen molar-refractivity contribution in [2.45, 2.75) is 31.6 Å². The van der Waals surface area contributed by atoms with Crippen molar-refractivity contribution < 1.29 is 9.47 Å². The zero-order valence-electron chi connectivity index (χ0n) is 8.03. The summed E-state index contributed by atoms with van der Waals surface area (Å²) in [5.41, 5.74) is 0. The van der Waals surface area contributed by atoms with Crippen molar-refractivity contribution in [2.75, 3.05) is 19.0 Å². The molecule has 0 bridgehead atoms. The van der Waals surface area contributed by atoms with E-state index < -0.39 is 0 Å². The van der Waals surface area contributed by atoms with Crippen molar-refractivity contribution in [3.8, 4) is 0 Å². The Kier molecular flexibility index (Phi) is 4.04. The van der Waals surface area contributed by atoms with Gasteiger partial charge >= 0.3 is 0 Å². The van der Waals surface area contributed by atoms with E-state index in [0.717, 1.165) is 23.1 Å². The Balaban J connectivity index is 1.63. The van der Waals surface area contributed by atoms with Crippen molar-refractivity contribution in [3.05, 3.63) is 0 Å². The number of ether oxygens (including phenoxy) is 2. The zero-order chi connectivity index (χ0) is 9.80. The number of hydrogen-bond donors (Lipinski definition) is 1. The first kappa shape index (κ1) is 10.7. The number of hydrogen-bond acceptors (Lipinski definition) is 4. The van der Waals surface area contributed by atoms with Gasteiger partial charge in [0.1, 0.15) is 4.32 Å². The Morgan fingerprint density at radius 1 is 1.57 bits per heavy atom. The number of nitrogens with one attached hydrogen (secondary N) is 1. The molecule has 3 nitrogen and oxygen atoms in total. The summed E-state index contributed by atoms with van der Waals surface area (Å²) in [4.78, 5) is 0. The molecule has 0 amide bonds. The predicted octanol–water partition coefficient (Wildman–Crippen LogP) is 1.52. The highest BCUT2D eigenvalue weighted by Gasteiger charge is 2.21. The van der Waals surface area contributed by atoms with Gasteiger partial charge in [-0.15, -0.1) is 0 Å². The van der Waals surface area contributed by atoms with Crippen LogP contribution in [0.3, 0.4) is 0 Å². The largest absolute Gasteiger partial charge is 0.365 e. The van der Waals surface area contributed by atoms with Crippen LogP contribution >= 0.6 is 24.0 Å². The minimum atomic E-state index is 0.0183. The number of thiocarbonyl (C=S) groups is 1. The van der Waals surface area contributed by atoms with Gasteiger partial charge in [0, 0.05) is 12.4 Å². The van der Waals surface area contributed by atoms with Crippen molar-refractivity contribution in [1.82, 2.24) is 5.32 Å². The summed E-state index contributed by atoms with van der Waals surface area (Å²) in [6.07, 6.45) is 3.44. The second-order valence-corrected chi connectivity index (χ2v) is 5.27. The van der Waals surface area contributed by atoms with E-state index in [4.69, 9.17) is 21.7 Å². The minimum absolute atomic E-state index is 0.0183. The lowest BCUT2D eigenvalue weighted by Crippen LogP contribution is -2.34. The fraction of sp³-hybridized carbons (Fsp3) is 0.889. The van der Waals surface area contributed by atoms with E-state index in [1.165, 1.54) is 12.8 Å². The van der Waals surface area contributed by atoms with Gasteiger partial charge in [-0.25, -0.2) is 0 Å². The van der Waals surface area contributed by atoms with Gasteiger partial charge < -0.3 is 14.8 Å². The van der Waals surface area contributed by atoms with E-state index >= 15 is 0 Å². The Labute approximate surface area is 93.9 Å². The van der Waals surface area contributed by atoms with Gasteiger partial charge in [-0.1, -0.05) is 24.0 Å². The van der Waals surface area contributed by atoms with E-state index in [9.17, 15) is 0 Å². The Morgan fingerprint density at radius 2 is 2.50 bits per heavy atom. The van der Waals surface area contributed by atoms with Crippen LogP contribution in [0, 0.1) is 0 Å². The average molecular weight is 233 g/mol. The Morgan fingerprint density at radius 3 is 3.14 bits per heavy atom. The third kappa shape index (κ3) is 3.08. The van der Waals surface area contributed by atoms with Crippen molar-refractivity contribution in [1.29, 1.82) is 0 Å². The molecule has 2 rings (SSSR count). The van der Waals surface area contributed by atoms with Crippen LogP contribution in [0.1, 0.15) is 19.3 Å². The molecule has 2 aliphatic rings. The third-order valence-electron chi connectivity index (χ3n) is 2.36. The highest BCUT2D eigenvalue weighted by atomic mass is 32.2. The van der Waals surface area contributed by atoms with Crippen LogP contribution < -0.4 is 5.32 Å². The molecule has 14 heavy (non-hydrogen) atoms. The molecule has 80 valence electrons. The van der Waals surface area contributed by atoms with E-state index in [2.05, 4.69) is 5.32 Å². The van der Waals surface area contributed by atoms with Gasteiger partial charge in [-0.05, 0) is 19.3 Å². The van der Waals surface area contributed by atoms with Gasteiger partial charge in [-0.2, -0.15) is 0 Å². The molecule has 0 radical (unpaired) electrons. The smallest absolute Gasteiger partial charge is 0.157 e. The molecule has 0 aliphatic carbocycles. The molecule has 1 N–H and O–H groups in total. The van der Waals surface area contributed by atoms with Crippen molar-refractivity contribution >= 4 is 28.3 Å². The van der Waals surface area contributed by atoms with E-state index in [1.807, 2.05) is 0 Å². The fourth-order valence-electron chi connectivity index (χ4n) is 1.58. The van der Waals surface area contributed by atoms with Gasteiger partial charge in [-0.3, -0.25) is 0 Å². The van der Waals surface area contributed by atoms with Crippen molar-refractivity contribution in [2.24, 2.45) is 0 Å². The first-order valence-corrected chi connectivity index (χ1v) is 6.40.